The molecule has 2 aromatic heterocycles. The number of anilines is 1. The fourth-order valence-electron chi connectivity index (χ4n) is 2.34. The standard InChI is InChI=1S/C17H18N2O2/c1-4-13-7-8-14(20-13)16-15(17(18)21-19-16)12-6-5-10(2)11(3)9-12/h5-9H,4,18H2,1-3H3. The van der Waals surface area contributed by atoms with Crippen LogP contribution in [0.5, 0.6) is 0 Å². The topological polar surface area (TPSA) is 65.2 Å². The number of furan rings is 1. The Kier molecular flexibility index (Phi) is 3.29. The van der Waals surface area contributed by atoms with Crippen LogP contribution in [0, 0.1) is 13.8 Å². The lowest BCUT2D eigenvalue weighted by molar-refractivity contribution is 0.434. The summed E-state index contributed by atoms with van der Waals surface area (Å²) in [5.41, 5.74) is 10.8. The Morgan fingerprint density at radius 1 is 1.10 bits per heavy atom. The van der Waals surface area contributed by atoms with Crippen LogP contribution in [0.1, 0.15) is 23.8 Å². The molecule has 1 aromatic carbocycles. The van der Waals surface area contributed by atoms with Gasteiger partial charge in [-0.1, -0.05) is 30.3 Å². The van der Waals surface area contributed by atoms with Crippen LogP contribution in [0.3, 0.4) is 0 Å². The molecule has 0 unspecified atom stereocenters. The van der Waals surface area contributed by atoms with Gasteiger partial charge in [0.2, 0.25) is 5.88 Å². The molecule has 2 N–H and O–H groups in total. The number of aromatic nitrogens is 1. The number of hydrogen-bond acceptors (Lipinski definition) is 4. The van der Waals surface area contributed by atoms with Crippen molar-refractivity contribution in [3.05, 3.63) is 47.2 Å². The predicted octanol–water partition coefficient (Wildman–Crippen LogP) is 4.36. The van der Waals surface area contributed by atoms with Crippen molar-refractivity contribution in [3.63, 3.8) is 0 Å². The molecule has 0 bridgehead atoms. The fourth-order valence-corrected chi connectivity index (χ4v) is 2.34. The van der Waals surface area contributed by atoms with Gasteiger partial charge in [-0.15, -0.1) is 0 Å². The van der Waals surface area contributed by atoms with Crippen LogP contribution in [0.15, 0.2) is 39.3 Å². The lowest BCUT2D eigenvalue weighted by Gasteiger charge is -2.05. The van der Waals surface area contributed by atoms with Gasteiger partial charge in [0.25, 0.3) is 0 Å². The summed E-state index contributed by atoms with van der Waals surface area (Å²) in [6.07, 6.45) is 0.840. The number of aryl methyl sites for hydroxylation is 3. The third-order valence-corrected chi connectivity index (χ3v) is 3.76. The molecule has 0 saturated carbocycles. The van der Waals surface area contributed by atoms with Crippen molar-refractivity contribution in [3.8, 4) is 22.6 Å². The number of hydrogen-bond donors (Lipinski definition) is 1. The van der Waals surface area contributed by atoms with E-state index in [-0.39, 0.29) is 0 Å². The summed E-state index contributed by atoms with van der Waals surface area (Å²) in [4.78, 5) is 0. The summed E-state index contributed by atoms with van der Waals surface area (Å²) in [6.45, 7) is 6.20. The summed E-state index contributed by atoms with van der Waals surface area (Å²) in [5, 5.41) is 4.07. The molecule has 0 fully saturated rings. The van der Waals surface area contributed by atoms with Crippen LogP contribution in [0.2, 0.25) is 0 Å². The van der Waals surface area contributed by atoms with Crippen molar-refractivity contribution in [2.45, 2.75) is 27.2 Å². The number of benzene rings is 1. The lowest BCUT2D eigenvalue weighted by atomic mass is 9.99. The molecule has 3 rings (SSSR count). The maximum atomic E-state index is 5.97. The molecule has 0 radical (unpaired) electrons. The van der Waals surface area contributed by atoms with Gasteiger partial charge in [-0.05, 0) is 42.7 Å². The normalized spacial score (nSPS) is 11.0. The van der Waals surface area contributed by atoms with Crippen molar-refractivity contribution in [2.24, 2.45) is 0 Å². The second kappa shape index (κ2) is 5.13. The minimum absolute atomic E-state index is 0.308. The van der Waals surface area contributed by atoms with Gasteiger partial charge in [0.05, 0.1) is 5.56 Å². The van der Waals surface area contributed by atoms with Gasteiger partial charge >= 0.3 is 0 Å². The second-order valence-corrected chi connectivity index (χ2v) is 5.19. The zero-order valence-corrected chi connectivity index (χ0v) is 12.4. The molecule has 0 aliphatic rings. The van der Waals surface area contributed by atoms with E-state index in [4.69, 9.17) is 14.7 Å². The molecular weight excluding hydrogens is 264 g/mol. The predicted molar refractivity (Wildman–Crippen MR) is 82.9 cm³/mol. The summed E-state index contributed by atoms with van der Waals surface area (Å²) < 4.78 is 11.0. The van der Waals surface area contributed by atoms with Crippen molar-refractivity contribution in [1.82, 2.24) is 5.16 Å². The largest absolute Gasteiger partial charge is 0.459 e. The minimum Gasteiger partial charge on any atom is -0.459 e. The van der Waals surface area contributed by atoms with Crippen LogP contribution in [0.25, 0.3) is 22.6 Å². The van der Waals surface area contributed by atoms with Crippen molar-refractivity contribution < 1.29 is 8.94 Å². The van der Waals surface area contributed by atoms with Crippen LogP contribution >= 0.6 is 0 Å². The first kappa shape index (κ1) is 13.5. The molecule has 0 atom stereocenters. The highest BCUT2D eigenvalue weighted by atomic mass is 16.5. The van der Waals surface area contributed by atoms with E-state index >= 15 is 0 Å². The zero-order valence-electron chi connectivity index (χ0n) is 12.4. The van der Waals surface area contributed by atoms with Crippen LogP contribution < -0.4 is 5.73 Å². The maximum Gasteiger partial charge on any atom is 0.230 e. The fraction of sp³-hybridized carbons (Fsp3) is 0.235. The van der Waals surface area contributed by atoms with Gasteiger partial charge in [0.1, 0.15) is 5.76 Å². The Balaban J connectivity index is 2.14. The van der Waals surface area contributed by atoms with E-state index in [0.717, 1.165) is 23.3 Å². The van der Waals surface area contributed by atoms with Gasteiger partial charge in [-0.3, -0.25) is 0 Å². The van der Waals surface area contributed by atoms with E-state index in [2.05, 4.69) is 31.1 Å². The van der Waals surface area contributed by atoms with E-state index in [0.29, 0.717) is 17.3 Å². The summed E-state index contributed by atoms with van der Waals surface area (Å²) in [7, 11) is 0. The molecule has 4 heteroatoms. The van der Waals surface area contributed by atoms with E-state index in [1.165, 1.54) is 11.1 Å². The smallest absolute Gasteiger partial charge is 0.230 e. The monoisotopic (exact) mass is 282 g/mol. The molecular formula is C17H18N2O2. The van der Waals surface area contributed by atoms with Crippen molar-refractivity contribution in [2.75, 3.05) is 5.73 Å². The first-order chi connectivity index (χ1) is 10.1. The average Bonchev–Trinajstić information content (AvgIpc) is 3.08. The maximum absolute atomic E-state index is 5.97. The Morgan fingerprint density at radius 3 is 2.57 bits per heavy atom. The first-order valence-electron chi connectivity index (χ1n) is 7.02. The number of nitrogens with zero attached hydrogens (tertiary/aromatic N) is 1. The highest BCUT2D eigenvalue weighted by Gasteiger charge is 2.20. The molecule has 0 saturated heterocycles. The average molecular weight is 282 g/mol. The van der Waals surface area contributed by atoms with Crippen molar-refractivity contribution in [1.29, 1.82) is 0 Å². The second-order valence-electron chi connectivity index (χ2n) is 5.19. The van der Waals surface area contributed by atoms with E-state index in [1.807, 2.05) is 25.1 Å². The first-order valence-corrected chi connectivity index (χ1v) is 7.02. The molecule has 4 nitrogen and oxygen atoms in total. The highest BCUT2D eigenvalue weighted by molar-refractivity contribution is 5.85. The molecule has 0 spiro atoms. The van der Waals surface area contributed by atoms with Gasteiger partial charge in [-0.25, -0.2) is 0 Å². The van der Waals surface area contributed by atoms with E-state index < -0.39 is 0 Å². The Morgan fingerprint density at radius 2 is 1.90 bits per heavy atom. The van der Waals surface area contributed by atoms with E-state index in [1.54, 1.807) is 0 Å². The number of nitrogen functional groups attached to an aromatic ring is 1. The van der Waals surface area contributed by atoms with Gasteiger partial charge in [0, 0.05) is 6.42 Å². The molecule has 3 aromatic rings. The van der Waals surface area contributed by atoms with Crippen LogP contribution in [0.4, 0.5) is 5.88 Å². The third kappa shape index (κ3) is 2.33. The van der Waals surface area contributed by atoms with Crippen LogP contribution in [-0.2, 0) is 6.42 Å². The number of rotatable bonds is 3. The minimum atomic E-state index is 0.308. The van der Waals surface area contributed by atoms with Gasteiger partial charge in [-0.2, -0.15) is 0 Å². The molecule has 21 heavy (non-hydrogen) atoms. The number of nitrogens with two attached hydrogens (primary N) is 1. The SMILES string of the molecule is CCc1ccc(-c2noc(N)c2-c2ccc(C)c(C)c2)o1. The summed E-state index contributed by atoms with van der Waals surface area (Å²) in [5.74, 6) is 1.90. The van der Waals surface area contributed by atoms with Crippen LogP contribution in [-0.4, -0.2) is 5.16 Å². The van der Waals surface area contributed by atoms with Gasteiger partial charge < -0.3 is 14.7 Å². The molecule has 108 valence electrons. The zero-order chi connectivity index (χ0) is 15.0. The Labute approximate surface area is 123 Å². The molecule has 2 heterocycles. The molecule has 0 aliphatic carbocycles. The van der Waals surface area contributed by atoms with Gasteiger partial charge in [0.15, 0.2) is 11.5 Å². The van der Waals surface area contributed by atoms with Crippen molar-refractivity contribution >= 4 is 5.88 Å². The highest BCUT2D eigenvalue weighted by Crippen LogP contribution is 2.37. The lowest BCUT2D eigenvalue weighted by Crippen LogP contribution is -1.89. The Bertz CT molecular complexity index is 784. The summed E-state index contributed by atoms with van der Waals surface area (Å²) in [6, 6.07) is 10.0. The summed E-state index contributed by atoms with van der Waals surface area (Å²) >= 11 is 0. The Hall–Kier alpha value is -2.49. The van der Waals surface area contributed by atoms with E-state index in [9.17, 15) is 0 Å². The quantitative estimate of drug-likeness (QED) is 0.775. The molecule has 0 aliphatic heterocycles. The third-order valence-electron chi connectivity index (χ3n) is 3.76. The molecule has 0 amide bonds.